The number of amides is 1. The molecular weight excluding hydrogens is 429 g/mol. The van der Waals surface area contributed by atoms with E-state index in [0.717, 1.165) is 11.3 Å². The third-order valence-corrected chi connectivity index (χ3v) is 6.90. The van der Waals surface area contributed by atoms with Crippen molar-refractivity contribution in [3.8, 4) is 0 Å². The predicted octanol–water partition coefficient (Wildman–Crippen LogP) is 4.69. The van der Waals surface area contributed by atoms with Crippen molar-refractivity contribution in [1.82, 2.24) is 0 Å². The second-order valence-electron chi connectivity index (χ2n) is 5.42. The average Bonchev–Trinajstić information content (AvgIpc) is 3.15. The maximum Gasteiger partial charge on any atom is 0.271 e. The molecule has 0 aliphatic heterocycles. The average molecular weight is 442 g/mol. The highest BCUT2D eigenvalue weighted by atomic mass is 35.5. The van der Waals surface area contributed by atoms with Crippen molar-refractivity contribution in [2.24, 2.45) is 0 Å². The minimum Gasteiger partial charge on any atom is -0.396 e. The van der Waals surface area contributed by atoms with E-state index >= 15 is 0 Å². The molecular formula is C17H13Cl2N3O3S2. The van der Waals surface area contributed by atoms with Crippen LogP contribution in [0.5, 0.6) is 0 Å². The number of carbonyl (C=O) groups is 1. The van der Waals surface area contributed by atoms with Crippen molar-refractivity contribution < 1.29 is 13.2 Å². The maximum atomic E-state index is 12.3. The lowest BCUT2D eigenvalue weighted by molar-refractivity contribution is 0.102. The number of halogens is 2. The summed E-state index contributed by atoms with van der Waals surface area (Å²) < 4.78 is 27.1. The second-order valence-corrected chi connectivity index (χ2v) is 9.09. The molecule has 10 heteroatoms. The van der Waals surface area contributed by atoms with E-state index in [4.69, 9.17) is 28.9 Å². The third-order valence-electron chi connectivity index (χ3n) is 3.50. The summed E-state index contributed by atoms with van der Waals surface area (Å²) in [6.07, 6.45) is 0. The van der Waals surface area contributed by atoms with E-state index in [9.17, 15) is 13.2 Å². The third kappa shape index (κ3) is 4.54. The first-order chi connectivity index (χ1) is 12.8. The van der Waals surface area contributed by atoms with Crippen LogP contribution in [-0.2, 0) is 10.0 Å². The summed E-state index contributed by atoms with van der Waals surface area (Å²) in [4.78, 5) is 12.3. The van der Waals surface area contributed by atoms with E-state index in [-0.39, 0.29) is 19.9 Å². The summed E-state index contributed by atoms with van der Waals surface area (Å²) in [5.74, 6) is -0.403. The van der Waals surface area contributed by atoms with Crippen LogP contribution in [0.25, 0.3) is 0 Å². The molecule has 0 radical (unpaired) electrons. The van der Waals surface area contributed by atoms with Gasteiger partial charge in [0, 0.05) is 16.9 Å². The van der Waals surface area contributed by atoms with Gasteiger partial charge in [-0.15, -0.1) is 11.3 Å². The number of nitrogen functional groups attached to an aromatic ring is 1. The maximum absolute atomic E-state index is 12.3. The van der Waals surface area contributed by atoms with Crippen LogP contribution in [-0.4, -0.2) is 14.3 Å². The van der Waals surface area contributed by atoms with E-state index < -0.39 is 15.9 Å². The molecule has 0 atom stereocenters. The number of nitrogens with two attached hydrogens (primary N) is 1. The highest BCUT2D eigenvalue weighted by Gasteiger charge is 2.15. The molecule has 140 valence electrons. The highest BCUT2D eigenvalue weighted by molar-refractivity contribution is 7.94. The molecule has 6 nitrogen and oxygen atoms in total. The molecule has 0 unspecified atom stereocenters. The van der Waals surface area contributed by atoms with Gasteiger partial charge in [0.1, 0.15) is 4.21 Å². The van der Waals surface area contributed by atoms with E-state index in [1.165, 1.54) is 42.5 Å². The fraction of sp³-hybridized carbons (Fsp3) is 0. The molecule has 0 spiro atoms. The second kappa shape index (κ2) is 7.77. The molecule has 0 fully saturated rings. The van der Waals surface area contributed by atoms with E-state index in [2.05, 4.69) is 10.0 Å². The van der Waals surface area contributed by atoms with E-state index in [1.54, 1.807) is 11.4 Å². The van der Waals surface area contributed by atoms with Gasteiger partial charge in [-0.3, -0.25) is 9.52 Å². The fourth-order valence-corrected chi connectivity index (χ4v) is 4.71. The zero-order valence-electron chi connectivity index (χ0n) is 13.6. The van der Waals surface area contributed by atoms with Gasteiger partial charge in [0.2, 0.25) is 0 Å². The van der Waals surface area contributed by atoms with Crippen LogP contribution in [0, 0.1) is 0 Å². The Bertz CT molecular complexity index is 1060. The summed E-state index contributed by atoms with van der Waals surface area (Å²) >= 11 is 13.0. The highest BCUT2D eigenvalue weighted by Crippen LogP contribution is 2.31. The minimum absolute atomic E-state index is 0.210. The van der Waals surface area contributed by atoms with Crippen LogP contribution in [0.15, 0.2) is 58.1 Å². The molecule has 1 aromatic heterocycles. The number of nitrogens with one attached hydrogen (secondary N) is 2. The molecule has 3 rings (SSSR count). The molecule has 27 heavy (non-hydrogen) atoms. The minimum atomic E-state index is -3.64. The zero-order chi connectivity index (χ0) is 19.6. The molecule has 0 aliphatic carbocycles. The molecule has 2 aromatic carbocycles. The summed E-state index contributed by atoms with van der Waals surface area (Å²) in [5, 5.41) is 4.80. The molecule has 0 aliphatic rings. The van der Waals surface area contributed by atoms with Crippen LogP contribution in [0.2, 0.25) is 10.0 Å². The first-order valence-electron chi connectivity index (χ1n) is 7.48. The van der Waals surface area contributed by atoms with Gasteiger partial charge in [0.25, 0.3) is 15.9 Å². The van der Waals surface area contributed by atoms with Crippen molar-refractivity contribution in [2.45, 2.75) is 4.21 Å². The SMILES string of the molecule is Nc1c(Cl)cc(NC(=O)c2ccc(NS(=O)(=O)c3cccs3)cc2)cc1Cl. The van der Waals surface area contributed by atoms with Gasteiger partial charge in [-0.1, -0.05) is 29.3 Å². The summed E-state index contributed by atoms with van der Waals surface area (Å²) in [7, 11) is -3.64. The van der Waals surface area contributed by atoms with Crippen LogP contribution >= 0.6 is 34.5 Å². The Morgan fingerprint density at radius 3 is 2.19 bits per heavy atom. The summed E-state index contributed by atoms with van der Waals surface area (Å²) in [5.41, 5.74) is 6.97. The Labute approximate surface area is 170 Å². The summed E-state index contributed by atoms with van der Waals surface area (Å²) in [6, 6.07) is 12.2. The van der Waals surface area contributed by atoms with Crippen molar-refractivity contribution in [2.75, 3.05) is 15.8 Å². The van der Waals surface area contributed by atoms with Crippen LogP contribution in [0.4, 0.5) is 17.1 Å². The zero-order valence-corrected chi connectivity index (χ0v) is 16.7. The van der Waals surface area contributed by atoms with Gasteiger partial charge >= 0.3 is 0 Å². The molecule has 0 bridgehead atoms. The predicted molar refractivity (Wildman–Crippen MR) is 110 cm³/mol. The van der Waals surface area contributed by atoms with Crippen LogP contribution < -0.4 is 15.8 Å². The standard InChI is InChI=1S/C17H13Cl2N3O3S2/c18-13-8-12(9-14(19)16(13)20)21-17(23)10-3-5-11(6-4-10)22-27(24,25)15-2-1-7-26-15/h1-9,22H,20H2,(H,21,23). The smallest absolute Gasteiger partial charge is 0.271 e. The number of thiophene rings is 1. The Balaban J connectivity index is 1.72. The number of hydrogen-bond acceptors (Lipinski definition) is 5. The molecule has 1 heterocycles. The first-order valence-corrected chi connectivity index (χ1v) is 10.6. The normalized spacial score (nSPS) is 11.2. The lowest BCUT2D eigenvalue weighted by atomic mass is 10.2. The van der Waals surface area contributed by atoms with Crippen LogP contribution in [0.3, 0.4) is 0 Å². The van der Waals surface area contributed by atoms with Gasteiger partial charge in [-0.2, -0.15) is 0 Å². The Morgan fingerprint density at radius 2 is 1.63 bits per heavy atom. The quantitative estimate of drug-likeness (QED) is 0.499. The lowest BCUT2D eigenvalue weighted by Crippen LogP contribution is -2.13. The van der Waals surface area contributed by atoms with Gasteiger partial charge in [-0.05, 0) is 47.8 Å². The van der Waals surface area contributed by atoms with Gasteiger partial charge in [0.15, 0.2) is 0 Å². The van der Waals surface area contributed by atoms with Crippen molar-refractivity contribution >= 4 is 67.5 Å². The topological polar surface area (TPSA) is 101 Å². The van der Waals surface area contributed by atoms with Crippen molar-refractivity contribution in [1.29, 1.82) is 0 Å². The number of sulfonamides is 1. The molecule has 1 amide bonds. The number of hydrogen-bond donors (Lipinski definition) is 3. The number of anilines is 3. The van der Waals surface area contributed by atoms with Crippen molar-refractivity contribution in [3.05, 3.63) is 69.5 Å². The Kier molecular flexibility index (Phi) is 5.61. The van der Waals surface area contributed by atoms with E-state index in [1.807, 2.05) is 0 Å². The van der Waals surface area contributed by atoms with Crippen LogP contribution in [0.1, 0.15) is 10.4 Å². The van der Waals surface area contributed by atoms with Gasteiger partial charge in [0.05, 0.1) is 15.7 Å². The molecule has 4 N–H and O–H groups in total. The molecule has 3 aromatic rings. The summed E-state index contributed by atoms with van der Waals surface area (Å²) in [6.45, 7) is 0. The van der Waals surface area contributed by atoms with Gasteiger partial charge < -0.3 is 11.1 Å². The Morgan fingerprint density at radius 1 is 1.00 bits per heavy atom. The van der Waals surface area contributed by atoms with Crippen molar-refractivity contribution in [3.63, 3.8) is 0 Å². The monoisotopic (exact) mass is 441 g/mol. The molecule has 0 saturated carbocycles. The number of benzene rings is 2. The Hall–Kier alpha value is -2.26. The molecule has 0 saturated heterocycles. The lowest BCUT2D eigenvalue weighted by Gasteiger charge is -2.10. The first kappa shape index (κ1) is 19.5. The van der Waals surface area contributed by atoms with E-state index in [0.29, 0.717) is 16.9 Å². The largest absolute Gasteiger partial charge is 0.396 e. The van der Waals surface area contributed by atoms with Gasteiger partial charge in [-0.25, -0.2) is 8.42 Å². The number of rotatable bonds is 5. The fourth-order valence-electron chi connectivity index (χ4n) is 2.17. The number of carbonyl (C=O) groups excluding carboxylic acids is 1.